The van der Waals surface area contributed by atoms with Gasteiger partial charge in [0.05, 0.1) is 11.6 Å². The summed E-state index contributed by atoms with van der Waals surface area (Å²) in [6.45, 7) is 7.14. The van der Waals surface area contributed by atoms with Gasteiger partial charge in [-0.1, -0.05) is 26.8 Å². The van der Waals surface area contributed by atoms with Gasteiger partial charge in [0, 0.05) is 0 Å². The SMILES string of the molecule is COc1c(Br)cc(C(C)CN)cc1C(C)C. The second-order valence-electron chi connectivity index (χ2n) is 4.42. The first-order valence-electron chi connectivity index (χ1n) is 5.58. The van der Waals surface area contributed by atoms with E-state index in [2.05, 4.69) is 48.8 Å². The molecule has 0 radical (unpaired) electrons. The molecular weight excluding hydrogens is 266 g/mol. The summed E-state index contributed by atoms with van der Waals surface area (Å²) >= 11 is 3.56. The lowest BCUT2D eigenvalue weighted by Gasteiger charge is -2.18. The molecule has 1 aromatic carbocycles. The number of rotatable bonds is 4. The van der Waals surface area contributed by atoms with Crippen molar-refractivity contribution in [3.63, 3.8) is 0 Å². The number of ether oxygens (including phenoxy) is 1. The summed E-state index contributed by atoms with van der Waals surface area (Å²) < 4.78 is 6.44. The Morgan fingerprint density at radius 2 is 1.94 bits per heavy atom. The maximum absolute atomic E-state index is 5.70. The molecule has 16 heavy (non-hydrogen) atoms. The quantitative estimate of drug-likeness (QED) is 0.917. The van der Waals surface area contributed by atoms with Gasteiger partial charge in [-0.3, -0.25) is 0 Å². The van der Waals surface area contributed by atoms with E-state index in [-0.39, 0.29) is 0 Å². The maximum Gasteiger partial charge on any atom is 0.136 e. The molecule has 0 bridgehead atoms. The van der Waals surface area contributed by atoms with Crippen molar-refractivity contribution in [2.45, 2.75) is 32.6 Å². The van der Waals surface area contributed by atoms with Crippen molar-refractivity contribution in [1.82, 2.24) is 0 Å². The van der Waals surface area contributed by atoms with Crippen LogP contribution in [-0.2, 0) is 0 Å². The number of halogens is 1. The van der Waals surface area contributed by atoms with Crippen molar-refractivity contribution >= 4 is 15.9 Å². The number of nitrogens with two attached hydrogens (primary N) is 1. The van der Waals surface area contributed by atoms with Crippen LogP contribution < -0.4 is 10.5 Å². The molecule has 2 N–H and O–H groups in total. The van der Waals surface area contributed by atoms with Gasteiger partial charge in [0.2, 0.25) is 0 Å². The first kappa shape index (κ1) is 13.5. The van der Waals surface area contributed by atoms with Gasteiger partial charge in [-0.05, 0) is 51.5 Å². The molecule has 0 aliphatic carbocycles. The number of hydrogen-bond acceptors (Lipinski definition) is 2. The fraction of sp³-hybridized carbons (Fsp3) is 0.538. The fourth-order valence-corrected chi connectivity index (χ4v) is 2.36. The molecule has 0 aliphatic heterocycles. The van der Waals surface area contributed by atoms with Crippen LogP contribution in [0.1, 0.15) is 43.7 Å². The van der Waals surface area contributed by atoms with Crippen LogP contribution in [0.15, 0.2) is 16.6 Å². The highest BCUT2D eigenvalue weighted by molar-refractivity contribution is 9.10. The van der Waals surface area contributed by atoms with Gasteiger partial charge in [-0.25, -0.2) is 0 Å². The van der Waals surface area contributed by atoms with Crippen molar-refractivity contribution in [2.75, 3.05) is 13.7 Å². The lowest BCUT2D eigenvalue weighted by molar-refractivity contribution is 0.404. The molecule has 0 amide bonds. The van der Waals surface area contributed by atoms with Crippen molar-refractivity contribution in [2.24, 2.45) is 5.73 Å². The molecule has 3 heteroatoms. The van der Waals surface area contributed by atoms with Crippen LogP contribution in [0.2, 0.25) is 0 Å². The van der Waals surface area contributed by atoms with Crippen LogP contribution in [0, 0.1) is 0 Å². The highest BCUT2D eigenvalue weighted by atomic mass is 79.9. The molecular formula is C13H20BrNO. The second-order valence-corrected chi connectivity index (χ2v) is 5.27. The van der Waals surface area contributed by atoms with Crippen LogP contribution in [0.4, 0.5) is 0 Å². The summed E-state index contributed by atoms with van der Waals surface area (Å²) in [6, 6.07) is 4.30. The van der Waals surface area contributed by atoms with Crippen LogP contribution in [0.25, 0.3) is 0 Å². The van der Waals surface area contributed by atoms with Gasteiger partial charge in [0.1, 0.15) is 5.75 Å². The summed E-state index contributed by atoms with van der Waals surface area (Å²) in [4.78, 5) is 0. The largest absolute Gasteiger partial charge is 0.495 e. The Labute approximate surface area is 106 Å². The van der Waals surface area contributed by atoms with Gasteiger partial charge in [-0.15, -0.1) is 0 Å². The van der Waals surface area contributed by atoms with Crippen LogP contribution in [0.3, 0.4) is 0 Å². The Kier molecular flexibility index (Phi) is 4.81. The zero-order chi connectivity index (χ0) is 12.3. The van der Waals surface area contributed by atoms with Crippen molar-refractivity contribution in [3.05, 3.63) is 27.7 Å². The minimum absolute atomic E-state index is 0.375. The van der Waals surface area contributed by atoms with Gasteiger partial charge < -0.3 is 10.5 Å². The summed E-state index contributed by atoms with van der Waals surface area (Å²) in [5.74, 6) is 1.75. The lowest BCUT2D eigenvalue weighted by atomic mass is 9.94. The first-order chi connectivity index (χ1) is 7.51. The Balaban J connectivity index is 3.28. The van der Waals surface area contributed by atoms with Gasteiger partial charge in [0.15, 0.2) is 0 Å². The van der Waals surface area contributed by atoms with Gasteiger partial charge >= 0.3 is 0 Å². The predicted octanol–water partition coefficient (Wildman–Crippen LogP) is 3.64. The minimum atomic E-state index is 0.375. The zero-order valence-corrected chi connectivity index (χ0v) is 12.0. The molecule has 0 saturated heterocycles. The lowest BCUT2D eigenvalue weighted by Crippen LogP contribution is -2.10. The molecule has 1 rings (SSSR count). The number of hydrogen-bond donors (Lipinski definition) is 1. The fourth-order valence-electron chi connectivity index (χ4n) is 1.70. The monoisotopic (exact) mass is 285 g/mol. The molecule has 1 aromatic rings. The summed E-state index contributed by atoms with van der Waals surface area (Å²) in [5, 5.41) is 0. The molecule has 0 aliphatic rings. The second kappa shape index (κ2) is 5.69. The predicted molar refractivity (Wildman–Crippen MR) is 72.3 cm³/mol. The van der Waals surface area contributed by atoms with E-state index in [1.807, 2.05) is 0 Å². The average molecular weight is 286 g/mol. The standard InChI is InChI=1S/C13H20BrNO/c1-8(2)11-5-10(9(3)7-15)6-12(14)13(11)16-4/h5-6,8-9H,7,15H2,1-4H3. The minimum Gasteiger partial charge on any atom is -0.495 e. The smallest absolute Gasteiger partial charge is 0.136 e. The van der Waals surface area contributed by atoms with Crippen molar-refractivity contribution < 1.29 is 4.74 Å². The number of methoxy groups -OCH3 is 1. The van der Waals surface area contributed by atoms with E-state index < -0.39 is 0 Å². The third kappa shape index (κ3) is 2.77. The zero-order valence-electron chi connectivity index (χ0n) is 10.4. The molecule has 0 heterocycles. The molecule has 0 aromatic heterocycles. The third-order valence-corrected chi connectivity index (χ3v) is 3.43. The van der Waals surface area contributed by atoms with E-state index in [4.69, 9.17) is 10.5 Å². The Morgan fingerprint density at radius 3 is 2.38 bits per heavy atom. The highest BCUT2D eigenvalue weighted by Gasteiger charge is 2.15. The molecule has 90 valence electrons. The van der Waals surface area contributed by atoms with E-state index in [9.17, 15) is 0 Å². The third-order valence-electron chi connectivity index (χ3n) is 2.84. The molecule has 0 fully saturated rings. The molecule has 0 spiro atoms. The van der Waals surface area contributed by atoms with Crippen molar-refractivity contribution in [3.8, 4) is 5.75 Å². The summed E-state index contributed by atoms with van der Waals surface area (Å²) in [6.07, 6.45) is 0. The Hall–Kier alpha value is -0.540. The van der Waals surface area contributed by atoms with Crippen molar-refractivity contribution in [1.29, 1.82) is 0 Å². The van der Waals surface area contributed by atoms with E-state index in [1.165, 1.54) is 11.1 Å². The van der Waals surface area contributed by atoms with E-state index in [0.29, 0.717) is 18.4 Å². The molecule has 0 saturated carbocycles. The molecule has 1 atom stereocenters. The molecule has 2 nitrogen and oxygen atoms in total. The van der Waals surface area contributed by atoms with E-state index in [1.54, 1.807) is 7.11 Å². The van der Waals surface area contributed by atoms with Crippen LogP contribution in [-0.4, -0.2) is 13.7 Å². The topological polar surface area (TPSA) is 35.2 Å². The first-order valence-corrected chi connectivity index (χ1v) is 6.37. The van der Waals surface area contributed by atoms with E-state index in [0.717, 1.165) is 10.2 Å². The Bertz CT molecular complexity index is 363. The Morgan fingerprint density at radius 1 is 1.31 bits per heavy atom. The summed E-state index contributed by atoms with van der Waals surface area (Å²) in [5.41, 5.74) is 8.20. The van der Waals surface area contributed by atoms with Gasteiger partial charge in [-0.2, -0.15) is 0 Å². The van der Waals surface area contributed by atoms with E-state index >= 15 is 0 Å². The van der Waals surface area contributed by atoms with Crippen LogP contribution in [0.5, 0.6) is 5.75 Å². The average Bonchev–Trinajstić information content (AvgIpc) is 2.26. The maximum atomic E-state index is 5.70. The number of benzene rings is 1. The van der Waals surface area contributed by atoms with Crippen LogP contribution >= 0.6 is 15.9 Å². The normalized spacial score (nSPS) is 12.9. The van der Waals surface area contributed by atoms with Gasteiger partial charge in [0.25, 0.3) is 0 Å². The molecule has 1 unspecified atom stereocenters. The highest BCUT2D eigenvalue weighted by Crippen LogP contribution is 2.36. The summed E-state index contributed by atoms with van der Waals surface area (Å²) in [7, 11) is 1.71.